The van der Waals surface area contributed by atoms with Gasteiger partial charge in [-0.15, -0.1) is 0 Å². The molecule has 3 nitrogen and oxygen atoms in total. The molecule has 0 radical (unpaired) electrons. The van der Waals surface area contributed by atoms with Crippen LogP contribution in [0, 0.1) is 5.41 Å². The Kier molecular flexibility index (Phi) is 5.54. The van der Waals surface area contributed by atoms with Gasteiger partial charge >= 0.3 is 0 Å². The van der Waals surface area contributed by atoms with E-state index < -0.39 is 0 Å². The summed E-state index contributed by atoms with van der Waals surface area (Å²) in [6.07, 6.45) is 4.30. The van der Waals surface area contributed by atoms with Crippen LogP contribution in [-0.2, 0) is 0 Å². The van der Waals surface area contributed by atoms with Crippen LogP contribution < -0.4 is 5.32 Å². The summed E-state index contributed by atoms with van der Waals surface area (Å²) in [6, 6.07) is 14.4. The Balaban J connectivity index is 1.87. The predicted octanol–water partition coefficient (Wildman–Crippen LogP) is 4.15. The maximum atomic E-state index is 6.08. The first-order chi connectivity index (χ1) is 11.6. The van der Waals surface area contributed by atoms with Gasteiger partial charge in [-0.25, -0.2) is 0 Å². The van der Waals surface area contributed by atoms with Crippen LogP contribution in [-0.4, -0.2) is 36.6 Å². The minimum atomic E-state index is 0.148. The molecule has 0 amide bonds. The number of nitrogens with one attached hydrogen (secondary N) is 1. The van der Waals surface area contributed by atoms with Gasteiger partial charge in [0.15, 0.2) is 0 Å². The highest BCUT2D eigenvalue weighted by molar-refractivity contribution is 6.30. The van der Waals surface area contributed by atoms with Gasteiger partial charge in [-0.3, -0.25) is 9.88 Å². The fourth-order valence-electron chi connectivity index (χ4n) is 3.72. The maximum Gasteiger partial charge on any atom is 0.0774 e. The SMILES string of the molecule is CN(CC1(C)CCNCC1)C(c1ccc(Cl)cc1)c1ccccn1. The number of pyridine rings is 1. The fraction of sp³-hybridized carbons (Fsp3) is 0.450. The first-order valence-corrected chi connectivity index (χ1v) is 9.03. The Bertz CT molecular complexity index is 636. The van der Waals surface area contributed by atoms with Gasteiger partial charge < -0.3 is 5.32 Å². The van der Waals surface area contributed by atoms with Crippen molar-refractivity contribution in [1.82, 2.24) is 15.2 Å². The number of benzene rings is 1. The van der Waals surface area contributed by atoms with Crippen LogP contribution in [0.3, 0.4) is 0 Å². The van der Waals surface area contributed by atoms with Gasteiger partial charge in [-0.05, 0) is 68.2 Å². The highest BCUT2D eigenvalue weighted by Gasteiger charge is 2.31. The van der Waals surface area contributed by atoms with Gasteiger partial charge in [0, 0.05) is 17.8 Å². The average Bonchev–Trinajstić information content (AvgIpc) is 2.58. The van der Waals surface area contributed by atoms with Gasteiger partial charge in [0.25, 0.3) is 0 Å². The van der Waals surface area contributed by atoms with Crippen molar-refractivity contribution in [2.24, 2.45) is 5.41 Å². The number of aromatic nitrogens is 1. The van der Waals surface area contributed by atoms with Crippen molar-refractivity contribution in [2.75, 3.05) is 26.7 Å². The minimum Gasteiger partial charge on any atom is -0.317 e. The lowest BCUT2D eigenvalue weighted by Gasteiger charge is -2.40. The molecule has 1 aliphatic rings. The molecule has 0 saturated carbocycles. The van der Waals surface area contributed by atoms with Gasteiger partial charge in [0.2, 0.25) is 0 Å². The molecule has 1 atom stereocenters. The summed E-state index contributed by atoms with van der Waals surface area (Å²) >= 11 is 6.08. The molecule has 4 heteroatoms. The summed E-state index contributed by atoms with van der Waals surface area (Å²) in [5, 5.41) is 4.24. The lowest BCUT2D eigenvalue weighted by atomic mass is 9.80. The van der Waals surface area contributed by atoms with Gasteiger partial charge in [0.1, 0.15) is 0 Å². The van der Waals surface area contributed by atoms with Crippen molar-refractivity contribution in [2.45, 2.75) is 25.8 Å². The molecule has 1 aromatic carbocycles. The molecule has 0 aliphatic carbocycles. The summed E-state index contributed by atoms with van der Waals surface area (Å²) in [4.78, 5) is 7.07. The van der Waals surface area contributed by atoms with Crippen molar-refractivity contribution in [3.8, 4) is 0 Å². The zero-order valence-corrected chi connectivity index (χ0v) is 15.3. The van der Waals surface area contributed by atoms with Crippen LogP contribution >= 0.6 is 11.6 Å². The molecule has 0 spiro atoms. The Labute approximate surface area is 150 Å². The molecule has 0 bridgehead atoms. The quantitative estimate of drug-likeness (QED) is 0.884. The Morgan fingerprint density at radius 2 is 1.88 bits per heavy atom. The normalized spacial score (nSPS) is 18.5. The van der Waals surface area contributed by atoms with Crippen molar-refractivity contribution < 1.29 is 0 Å². The third-order valence-electron chi connectivity index (χ3n) is 5.04. The summed E-state index contributed by atoms with van der Waals surface area (Å²) in [5.74, 6) is 0. The van der Waals surface area contributed by atoms with E-state index in [-0.39, 0.29) is 6.04 Å². The number of hydrogen-bond donors (Lipinski definition) is 1. The monoisotopic (exact) mass is 343 g/mol. The molecule has 128 valence electrons. The largest absolute Gasteiger partial charge is 0.317 e. The highest BCUT2D eigenvalue weighted by Crippen LogP contribution is 2.34. The van der Waals surface area contributed by atoms with Crippen molar-refractivity contribution in [3.63, 3.8) is 0 Å². The van der Waals surface area contributed by atoms with E-state index in [0.717, 1.165) is 30.4 Å². The van der Waals surface area contributed by atoms with Crippen LogP contribution in [0.15, 0.2) is 48.7 Å². The first-order valence-electron chi connectivity index (χ1n) is 8.65. The van der Waals surface area contributed by atoms with Crippen LogP contribution in [0.5, 0.6) is 0 Å². The fourth-order valence-corrected chi connectivity index (χ4v) is 3.84. The van der Waals surface area contributed by atoms with E-state index in [2.05, 4.69) is 53.4 Å². The predicted molar refractivity (Wildman–Crippen MR) is 100 cm³/mol. The average molecular weight is 344 g/mol. The molecule has 1 fully saturated rings. The van der Waals surface area contributed by atoms with E-state index in [0.29, 0.717) is 5.41 Å². The van der Waals surface area contributed by atoms with Crippen molar-refractivity contribution in [1.29, 1.82) is 0 Å². The van der Waals surface area contributed by atoms with E-state index in [1.807, 2.05) is 24.4 Å². The molecule has 1 N–H and O–H groups in total. The van der Waals surface area contributed by atoms with E-state index >= 15 is 0 Å². The van der Waals surface area contributed by atoms with Crippen LogP contribution in [0.25, 0.3) is 0 Å². The third-order valence-corrected chi connectivity index (χ3v) is 5.29. The van der Waals surface area contributed by atoms with Crippen LogP contribution in [0.1, 0.15) is 37.1 Å². The highest BCUT2D eigenvalue weighted by atomic mass is 35.5. The van der Waals surface area contributed by atoms with Gasteiger partial charge in [-0.2, -0.15) is 0 Å². The zero-order valence-electron chi connectivity index (χ0n) is 14.5. The lowest BCUT2D eigenvalue weighted by Crippen LogP contribution is -2.43. The second kappa shape index (κ2) is 7.64. The zero-order chi connectivity index (χ0) is 17.0. The molecule has 24 heavy (non-hydrogen) atoms. The molecule has 1 unspecified atom stereocenters. The topological polar surface area (TPSA) is 28.2 Å². The number of nitrogens with zero attached hydrogens (tertiary/aromatic N) is 2. The Morgan fingerprint density at radius 3 is 2.50 bits per heavy atom. The second-order valence-electron chi connectivity index (χ2n) is 7.18. The molecule has 2 aromatic rings. The Hall–Kier alpha value is -1.42. The second-order valence-corrected chi connectivity index (χ2v) is 7.62. The van der Waals surface area contributed by atoms with E-state index in [1.54, 1.807) is 0 Å². The molecule has 2 heterocycles. The van der Waals surface area contributed by atoms with E-state index in [4.69, 9.17) is 11.6 Å². The van der Waals surface area contributed by atoms with Crippen LogP contribution in [0.4, 0.5) is 0 Å². The van der Waals surface area contributed by atoms with E-state index in [9.17, 15) is 0 Å². The molecular weight excluding hydrogens is 318 g/mol. The minimum absolute atomic E-state index is 0.148. The van der Waals surface area contributed by atoms with Crippen molar-refractivity contribution in [3.05, 3.63) is 64.9 Å². The summed E-state index contributed by atoms with van der Waals surface area (Å²) < 4.78 is 0. The lowest BCUT2D eigenvalue weighted by molar-refractivity contribution is 0.127. The number of hydrogen-bond acceptors (Lipinski definition) is 3. The molecule has 1 aliphatic heterocycles. The molecular formula is C20H26ClN3. The standard InChI is InChI=1S/C20H26ClN3/c1-20(10-13-22-14-11-20)15-24(2)19(18-5-3-4-12-23-18)16-6-8-17(21)9-7-16/h3-9,12,19,22H,10-11,13-15H2,1-2H3. The number of halogens is 1. The molecule has 1 aromatic heterocycles. The van der Waals surface area contributed by atoms with E-state index in [1.165, 1.54) is 18.4 Å². The molecule has 1 saturated heterocycles. The Morgan fingerprint density at radius 1 is 1.17 bits per heavy atom. The summed E-state index contributed by atoms with van der Waals surface area (Å²) in [5.41, 5.74) is 2.66. The number of piperidine rings is 1. The smallest absolute Gasteiger partial charge is 0.0774 e. The first kappa shape index (κ1) is 17.4. The maximum absolute atomic E-state index is 6.08. The van der Waals surface area contributed by atoms with Gasteiger partial charge in [0.05, 0.1) is 11.7 Å². The van der Waals surface area contributed by atoms with Crippen LogP contribution in [0.2, 0.25) is 5.02 Å². The summed E-state index contributed by atoms with van der Waals surface area (Å²) in [7, 11) is 2.21. The number of rotatable bonds is 5. The molecule has 3 rings (SSSR count). The summed E-state index contributed by atoms with van der Waals surface area (Å²) in [6.45, 7) is 5.68. The third kappa shape index (κ3) is 4.15. The van der Waals surface area contributed by atoms with Crippen molar-refractivity contribution >= 4 is 11.6 Å². The van der Waals surface area contributed by atoms with Gasteiger partial charge in [-0.1, -0.05) is 36.7 Å².